The first-order valence-electron chi connectivity index (χ1n) is 10.2. The van der Waals surface area contributed by atoms with Gasteiger partial charge in [-0.2, -0.15) is 0 Å². The topological polar surface area (TPSA) is 86.1 Å². The van der Waals surface area contributed by atoms with Crippen molar-refractivity contribution in [2.24, 2.45) is 0 Å². The van der Waals surface area contributed by atoms with Crippen LogP contribution in [-0.4, -0.2) is 56.3 Å². The smallest absolute Gasteiger partial charge is 0.321 e. The van der Waals surface area contributed by atoms with Gasteiger partial charge in [0.2, 0.25) is 0 Å². The molecule has 2 aliphatic rings. The Bertz CT molecular complexity index is 711. The van der Waals surface area contributed by atoms with Crippen molar-refractivity contribution >= 4 is 17.6 Å². The number of nitrogens with zero attached hydrogens (tertiary/aromatic N) is 1. The molecular weight excluding hydrogens is 356 g/mol. The van der Waals surface area contributed by atoms with Crippen molar-refractivity contribution in [3.63, 3.8) is 0 Å². The minimum absolute atomic E-state index is 0.250. The van der Waals surface area contributed by atoms with Gasteiger partial charge in [-0.1, -0.05) is 23.8 Å². The number of anilines is 1. The Morgan fingerprint density at radius 3 is 2.64 bits per heavy atom. The number of para-hydroxylation sites is 2. The summed E-state index contributed by atoms with van der Waals surface area (Å²) in [6.07, 6.45) is 7.89. The first kappa shape index (κ1) is 20.2. The van der Waals surface area contributed by atoms with Crippen molar-refractivity contribution in [2.45, 2.75) is 32.1 Å². The highest BCUT2D eigenvalue weighted by Crippen LogP contribution is 2.25. The maximum Gasteiger partial charge on any atom is 0.321 e. The highest BCUT2D eigenvalue weighted by Gasteiger charge is 2.24. The van der Waals surface area contributed by atoms with Crippen molar-refractivity contribution in [3.05, 3.63) is 35.9 Å². The number of hydrogen-bond donors (Lipinski definition) is 4. The molecule has 0 unspecified atom stereocenters. The van der Waals surface area contributed by atoms with E-state index in [1.807, 2.05) is 18.2 Å². The molecule has 4 N–H and O–H groups in total. The molecule has 7 heteroatoms. The van der Waals surface area contributed by atoms with E-state index in [1.54, 1.807) is 6.07 Å². The molecule has 1 heterocycles. The lowest BCUT2D eigenvalue weighted by Gasteiger charge is -2.33. The molecule has 0 atom stereocenters. The van der Waals surface area contributed by atoms with E-state index in [1.165, 1.54) is 18.4 Å². The average molecular weight is 388 g/mol. The number of benzene rings is 1. The Morgan fingerprint density at radius 1 is 1.14 bits per heavy atom. The second-order valence-electron chi connectivity index (χ2n) is 7.56. The van der Waals surface area contributed by atoms with Crippen LogP contribution in [0.3, 0.4) is 0 Å². The van der Waals surface area contributed by atoms with Gasteiger partial charge in [0.15, 0.2) is 6.54 Å². The molecule has 1 aliphatic heterocycles. The number of quaternary nitrogens is 1. The van der Waals surface area contributed by atoms with Gasteiger partial charge in [-0.25, -0.2) is 4.79 Å². The van der Waals surface area contributed by atoms with Crippen molar-refractivity contribution in [1.29, 1.82) is 0 Å². The van der Waals surface area contributed by atoms with Crippen molar-refractivity contribution in [2.75, 3.05) is 44.2 Å². The minimum Gasteiger partial charge on any atom is -0.506 e. The fraction of sp³-hybridized carbons (Fsp3) is 0.524. The van der Waals surface area contributed by atoms with E-state index in [-0.39, 0.29) is 18.2 Å². The van der Waals surface area contributed by atoms with Gasteiger partial charge in [-0.3, -0.25) is 10.1 Å². The third-order valence-electron chi connectivity index (χ3n) is 5.47. The third-order valence-corrected chi connectivity index (χ3v) is 5.47. The summed E-state index contributed by atoms with van der Waals surface area (Å²) in [6.45, 7) is 3.96. The molecule has 3 rings (SSSR count). The molecule has 1 fully saturated rings. The molecule has 1 saturated heterocycles. The highest BCUT2D eigenvalue weighted by atomic mass is 16.3. The lowest BCUT2D eigenvalue weighted by Crippen LogP contribution is -3.16. The SMILES string of the molecule is O=C(C[NH+]1CCN(c2ccccc2O)CC1)NC(=O)NCCC1=CCCCC1. The summed E-state index contributed by atoms with van der Waals surface area (Å²) in [5.41, 5.74) is 2.24. The maximum atomic E-state index is 12.1. The van der Waals surface area contributed by atoms with Crippen LogP contribution in [0.4, 0.5) is 10.5 Å². The van der Waals surface area contributed by atoms with Crippen LogP contribution in [0.2, 0.25) is 0 Å². The number of allylic oxidation sites excluding steroid dienone is 1. The van der Waals surface area contributed by atoms with Gasteiger partial charge in [-0.15, -0.1) is 0 Å². The first-order chi connectivity index (χ1) is 13.6. The molecule has 0 saturated carbocycles. The Kier molecular flexibility index (Phi) is 7.31. The second kappa shape index (κ2) is 10.1. The van der Waals surface area contributed by atoms with Crippen LogP contribution in [0, 0.1) is 0 Å². The zero-order valence-electron chi connectivity index (χ0n) is 16.4. The van der Waals surface area contributed by atoms with E-state index < -0.39 is 6.03 Å². The number of carbonyl (C=O) groups is 2. The number of nitrogens with one attached hydrogen (secondary N) is 3. The molecule has 3 amide bonds. The zero-order chi connectivity index (χ0) is 19.8. The fourth-order valence-corrected chi connectivity index (χ4v) is 3.88. The number of imide groups is 1. The van der Waals surface area contributed by atoms with Gasteiger partial charge in [0.05, 0.1) is 31.9 Å². The molecule has 7 nitrogen and oxygen atoms in total. The number of aromatic hydroxyl groups is 1. The van der Waals surface area contributed by atoms with Gasteiger partial charge < -0.3 is 20.2 Å². The van der Waals surface area contributed by atoms with Gasteiger partial charge >= 0.3 is 6.03 Å². The third kappa shape index (κ3) is 5.99. The number of urea groups is 1. The maximum absolute atomic E-state index is 12.1. The lowest BCUT2D eigenvalue weighted by molar-refractivity contribution is -0.892. The summed E-state index contributed by atoms with van der Waals surface area (Å²) in [7, 11) is 0. The molecule has 1 aliphatic carbocycles. The number of piperazine rings is 1. The molecule has 28 heavy (non-hydrogen) atoms. The number of rotatable bonds is 6. The Morgan fingerprint density at radius 2 is 1.93 bits per heavy atom. The summed E-state index contributed by atoms with van der Waals surface area (Å²) in [5, 5.41) is 15.2. The Hall–Kier alpha value is -2.54. The predicted molar refractivity (Wildman–Crippen MR) is 109 cm³/mol. The molecule has 0 aromatic heterocycles. The van der Waals surface area contributed by atoms with E-state index >= 15 is 0 Å². The molecule has 1 aromatic rings. The molecule has 0 bridgehead atoms. The zero-order valence-corrected chi connectivity index (χ0v) is 16.4. The van der Waals surface area contributed by atoms with Crippen molar-refractivity contribution < 1.29 is 19.6 Å². The molecule has 1 aromatic carbocycles. The van der Waals surface area contributed by atoms with Crippen LogP contribution in [0.25, 0.3) is 0 Å². The van der Waals surface area contributed by atoms with Crippen LogP contribution in [-0.2, 0) is 4.79 Å². The van der Waals surface area contributed by atoms with E-state index in [4.69, 9.17) is 0 Å². The van der Waals surface area contributed by atoms with Gasteiger partial charge in [0.1, 0.15) is 5.75 Å². The summed E-state index contributed by atoms with van der Waals surface area (Å²) in [6, 6.07) is 6.90. The number of hydrogen-bond acceptors (Lipinski definition) is 4. The van der Waals surface area contributed by atoms with Gasteiger partial charge in [-0.05, 0) is 44.2 Å². The summed E-state index contributed by atoms with van der Waals surface area (Å²) < 4.78 is 0. The van der Waals surface area contributed by atoms with Crippen LogP contribution in [0.15, 0.2) is 35.9 Å². The van der Waals surface area contributed by atoms with Crippen LogP contribution in [0.1, 0.15) is 32.1 Å². The molecule has 0 spiro atoms. The Balaban J connectivity index is 1.33. The molecule has 152 valence electrons. The summed E-state index contributed by atoms with van der Waals surface area (Å²) in [4.78, 5) is 27.3. The quantitative estimate of drug-likeness (QED) is 0.544. The summed E-state index contributed by atoms with van der Waals surface area (Å²) in [5.74, 6) is 0.0322. The number of phenolic OH excluding ortho intramolecular Hbond substituents is 1. The second-order valence-corrected chi connectivity index (χ2v) is 7.56. The van der Waals surface area contributed by atoms with Gasteiger partial charge in [0, 0.05) is 6.54 Å². The van der Waals surface area contributed by atoms with Crippen LogP contribution >= 0.6 is 0 Å². The number of amides is 3. The predicted octanol–water partition coefficient (Wildman–Crippen LogP) is 0.813. The average Bonchev–Trinajstić information content (AvgIpc) is 2.70. The number of phenols is 1. The highest BCUT2D eigenvalue weighted by molar-refractivity contribution is 5.94. The largest absolute Gasteiger partial charge is 0.506 e. The Labute approximate surface area is 166 Å². The normalized spacial score (nSPS) is 17.7. The minimum atomic E-state index is -0.409. The van der Waals surface area contributed by atoms with Crippen molar-refractivity contribution in [3.8, 4) is 5.75 Å². The van der Waals surface area contributed by atoms with E-state index in [9.17, 15) is 14.7 Å². The lowest BCUT2D eigenvalue weighted by atomic mass is 9.97. The first-order valence-corrected chi connectivity index (χ1v) is 10.2. The van der Waals surface area contributed by atoms with Crippen LogP contribution < -0.4 is 20.4 Å². The van der Waals surface area contributed by atoms with Crippen molar-refractivity contribution in [1.82, 2.24) is 10.6 Å². The molecular formula is C21H31N4O3+. The van der Waals surface area contributed by atoms with E-state index in [0.29, 0.717) is 6.54 Å². The van der Waals surface area contributed by atoms with E-state index in [2.05, 4.69) is 21.6 Å². The monoisotopic (exact) mass is 387 g/mol. The van der Waals surface area contributed by atoms with Crippen LogP contribution in [0.5, 0.6) is 5.75 Å². The fourth-order valence-electron chi connectivity index (χ4n) is 3.88. The van der Waals surface area contributed by atoms with E-state index in [0.717, 1.165) is 56.0 Å². The van der Waals surface area contributed by atoms with Gasteiger partial charge in [0.25, 0.3) is 5.91 Å². The molecule has 0 radical (unpaired) electrons. The summed E-state index contributed by atoms with van der Waals surface area (Å²) >= 11 is 0. The number of carbonyl (C=O) groups excluding carboxylic acids is 2. The standard InChI is InChI=1S/C21H30N4O3/c26-19-9-5-4-8-18(19)25-14-12-24(13-15-25)16-20(27)23-21(28)22-11-10-17-6-2-1-3-7-17/h4-6,8-9,26H,1-3,7,10-16H2,(H2,22,23,27,28)/p+1.